The van der Waals surface area contributed by atoms with Gasteiger partial charge in [0.1, 0.15) is 16.1 Å². The Balaban J connectivity index is 2.03. The van der Waals surface area contributed by atoms with Gasteiger partial charge >= 0.3 is 0 Å². The largest absolute Gasteiger partial charge is 0.137 e. The van der Waals surface area contributed by atoms with Crippen LogP contribution in [0.1, 0.15) is 0 Å². The molecule has 2 heteroatoms. The van der Waals surface area contributed by atoms with E-state index in [0.29, 0.717) is 0 Å². The standard InChI is InChI=1S/C24H26Si2/c1-5-25(3,21-13-9-7-10-14-21)23-17-19-24(20-18-23)26(4,6-2)22-15-11-8-12-16-22/h5-20H,1-2H2,3-4H3. The molecule has 2 atom stereocenters. The average molecular weight is 371 g/mol. The maximum atomic E-state index is 4.17. The van der Waals surface area contributed by atoms with Crippen molar-refractivity contribution in [2.45, 2.75) is 13.1 Å². The molecule has 0 bridgehead atoms. The SMILES string of the molecule is C=C[Si](C)(c1ccccc1)c1ccc([Si](C)(C=C)c2ccccc2)cc1. The summed E-state index contributed by atoms with van der Waals surface area (Å²) in [6.45, 7) is 13.1. The van der Waals surface area contributed by atoms with Crippen LogP contribution in [0.15, 0.2) is 109 Å². The number of hydrogen-bond donors (Lipinski definition) is 0. The number of benzene rings is 3. The summed E-state index contributed by atoms with van der Waals surface area (Å²) in [6.07, 6.45) is 0. The molecule has 130 valence electrons. The molecular weight excluding hydrogens is 344 g/mol. The van der Waals surface area contributed by atoms with Gasteiger partial charge in [-0.1, -0.05) is 130 Å². The van der Waals surface area contributed by atoms with E-state index >= 15 is 0 Å². The van der Waals surface area contributed by atoms with Gasteiger partial charge in [-0.15, -0.1) is 13.2 Å². The molecular formula is C24H26Si2. The van der Waals surface area contributed by atoms with E-state index in [0.717, 1.165) is 0 Å². The predicted molar refractivity (Wildman–Crippen MR) is 121 cm³/mol. The Bertz CT molecular complexity index is 808. The first kappa shape index (κ1) is 18.4. The van der Waals surface area contributed by atoms with Crippen LogP contribution in [0.5, 0.6) is 0 Å². The van der Waals surface area contributed by atoms with Crippen molar-refractivity contribution >= 4 is 36.9 Å². The third kappa shape index (κ3) is 3.18. The maximum absolute atomic E-state index is 4.17. The van der Waals surface area contributed by atoms with Crippen LogP contribution in [-0.2, 0) is 0 Å². The molecule has 0 saturated heterocycles. The van der Waals surface area contributed by atoms with Crippen molar-refractivity contribution in [2.75, 3.05) is 0 Å². The van der Waals surface area contributed by atoms with Gasteiger partial charge in [0.15, 0.2) is 0 Å². The zero-order valence-electron chi connectivity index (χ0n) is 15.7. The molecule has 0 nitrogen and oxygen atoms in total. The van der Waals surface area contributed by atoms with E-state index in [1.807, 2.05) is 0 Å². The lowest BCUT2D eigenvalue weighted by Gasteiger charge is -2.28. The molecule has 0 amide bonds. The highest BCUT2D eigenvalue weighted by Gasteiger charge is 2.31. The lowest BCUT2D eigenvalue weighted by atomic mass is 10.3. The quantitative estimate of drug-likeness (QED) is 0.582. The Morgan fingerprint density at radius 1 is 0.500 bits per heavy atom. The Hall–Kier alpha value is -2.43. The second-order valence-corrected chi connectivity index (χ2v) is 15.1. The van der Waals surface area contributed by atoms with Crippen LogP contribution in [0.4, 0.5) is 0 Å². The van der Waals surface area contributed by atoms with E-state index in [1.54, 1.807) is 0 Å². The van der Waals surface area contributed by atoms with Crippen molar-refractivity contribution in [3.63, 3.8) is 0 Å². The summed E-state index contributed by atoms with van der Waals surface area (Å²) in [5.74, 6) is 0. The lowest BCUT2D eigenvalue weighted by Crippen LogP contribution is -2.57. The van der Waals surface area contributed by atoms with E-state index < -0.39 is 16.1 Å². The van der Waals surface area contributed by atoms with Gasteiger partial charge in [0, 0.05) is 0 Å². The first-order valence-electron chi connectivity index (χ1n) is 9.04. The summed E-state index contributed by atoms with van der Waals surface area (Å²) in [7, 11) is -3.79. The second kappa shape index (κ2) is 7.44. The van der Waals surface area contributed by atoms with Crippen LogP contribution in [-0.4, -0.2) is 16.1 Å². The minimum absolute atomic E-state index is 1.40. The van der Waals surface area contributed by atoms with Crippen molar-refractivity contribution in [1.29, 1.82) is 0 Å². The normalized spacial score (nSPS) is 15.5. The summed E-state index contributed by atoms with van der Waals surface area (Å²) in [6, 6.07) is 30.8. The van der Waals surface area contributed by atoms with E-state index in [1.165, 1.54) is 20.7 Å². The molecule has 3 aromatic carbocycles. The fourth-order valence-corrected chi connectivity index (χ4v) is 8.63. The first-order valence-corrected chi connectivity index (χ1v) is 14.2. The van der Waals surface area contributed by atoms with Crippen molar-refractivity contribution < 1.29 is 0 Å². The molecule has 0 fully saturated rings. The molecule has 3 aromatic rings. The molecule has 0 saturated carbocycles. The van der Waals surface area contributed by atoms with Gasteiger partial charge in [0.05, 0.1) is 0 Å². The maximum Gasteiger partial charge on any atom is 0.137 e. The Morgan fingerprint density at radius 3 is 1.04 bits per heavy atom. The zero-order chi connectivity index (χ0) is 18.6. The van der Waals surface area contributed by atoms with Crippen molar-refractivity contribution in [2.24, 2.45) is 0 Å². The summed E-state index contributed by atoms with van der Waals surface area (Å²) in [4.78, 5) is 0. The predicted octanol–water partition coefficient (Wildman–Crippen LogP) is 3.52. The fraction of sp³-hybridized carbons (Fsp3) is 0.0833. The van der Waals surface area contributed by atoms with Crippen molar-refractivity contribution in [3.8, 4) is 0 Å². The molecule has 0 aromatic heterocycles. The molecule has 0 aliphatic carbocycles. The highest BCUT2D eigenvalue weighted by Crippen LogP contribution is 2.09. The molecule has 3 rings (SSSR count). The summed E-state index contributed by atoms with van der Waals surface area (Å²) >= 11 is 0. The molecule has 0 aliphatic heterocycles. The van der Waals surface area contributed by atoms with Gasteiger partial charge in [-0.25, -0.2) is 0 Å². The molecule has 0 heterocycles. The monoisotopic (exact) mass is 370 g/mol. The third-order valence-electron chi connectivity index (χ3n) is 5.65. The van der Waals surface area contributed by atoms with Gasteiger partial charge in [-0.3, -0.25) is 0 Å². The van der Waals surface area contributed by atoms with Crippen LogP contribution in [0.3, 0.4) is 0 Å². The summed E-state index contributed by atoms with van der Waals surface area (Å²) in [5.41, 5.74) is 4.36. The van der Waals surface area contributed by atoms with Gasteiger partial charge in [-0.05, 0) is 0 Å². The molecule has 0 radical (unpaired) electrons. The molecule has 0 N–H and O–H groups in total. The van der Waals surface area contributed by atoms with Gasteiger partial charge in [0.25, 0.3) is 0 Å². The van der Waals surface area contributed by atoms with Crippen molar-refractivity contribution in [1.82, 2.24) is 0 Å². The Labute approximate surface area is 159 Å². The van der Waals surface area contributed by atoms with E-state index in [-0.39, 0.29) is 0 Å². The molecule has 26 heavy (non-hydrogen) atoms. The van der Waals surface area contributed by atoms with Crippen LogP contribution in [0, 0.1) is 0 Å². The highest BCUT2D eigenvalue weighted by molar-refractivity contribution is 7.06. The highest BCUT2D eigenvalue weighted by atomic mass is 28.3. The second-order valence-electron chi connectivity index (χ2n) is 7.12. The molecule has 2 unspecified atom stereocenters. The first-order chi connectivity index (χ1) is 12.5. The third-order valence-corrected chi connectivity index (χ3v) is 13.4. The van der Waals surface area contributed by atoms with Gasteiger partial charge in [-0.2, -0.15) is 0 Å². The zero-order valence-corrected chi connectivity index (χ0v) is 17.7. The van der Waals surface area contributed by atoms with E-state index in [9.17, 15) is 0 Å². The Morgan fingerprint density at radius 2 is 0.769 bits per heavy atom. The number of hydrogen-bond acceptors (Lipinski definition) is 0. The van der Waals surface area contributed by atoms with Crippen LogP contribution in [0.25, 0.3) is 0 Å². The van der Waals surface area contributed by atoms with Crippen LogP contribution < -0.4 is 20.7 Å². The average Bonchev–Trinajstić information content (AvgIpc) is 2.74. The van der Waals surface area contributed by atoms with Crippen molar-refractivity contribution in [3.05, 3.63) is 109 Å². The summed E-state index contributed by atoms with van der Waals surface area (Å²) in [5, 5.41) is 5.59. The van der Waals surface area contributed by atoms with Gasteiger partial charge in [0.2, 0.25) is 0 Å². The smallest absolute Gasteiger partial charge is 0.106 e. The van der Waals surface area contributed by atoms with Gasteiger partial charge < -0.3 is 0 Å². The van der Waals surface area contributed by atoms with Crippen LogP contribution in [0.2, 0.25) is 13.1 Å². The minimum Gasteiger partial charge on any atom is -0.106 e. The summed E-state index contributed by atoms with van der Waals surface area (Å²) < 4.78 is 0. The molecule has 0 spiro atoms. The van der Waals surface area contributed by atoms with E-state index in [4.69, 9.17) is 0 Å². The number of rotatable bonds is 6. The lowest BCUT2D eigenvalue weighted by molar-refractivity contribution is 1.69. The topological polar surface area (TPSA) is 0 Å². The Kier molecular flexibility index (Phi) is 5.26. The molecule has 0 aliphatic rings. The minimum atomic E-state index is -1.89. The van der Waals surface area contributed by atoms with E-state index in [2.05, 4.69) is 123 Å². The van der Waals surface area contributed by atoms with Crippen LogP contribution >= 0.6 is 0 Å². The fourth-order valence-electron chi connectivity index (χ4n) is 3.54.